The lowest BCUT2D eigenvalue weighted by molar-refractivity contribution is -0.157. The average Bonchev–Trinajstić information content (AvgIpc) is 2.85. The lowest BCUT2D eigenvalue weighted by Gasteiger charge is -2.20. The van der Waals surface area contributed by atoms with Crippen LogP contribution in [-0.2, 0) is 25.7 Å². The molecule has 0 spiro atoms. The van der Waals surface area contributed by atoms with E-state index < -0.39 is 24.0 Å². The van der Waals surface area contributed by atoms with Crippen molar-refractivity contribution in [2.75, 3.05) is 13.1 Å². The first kappa shape index (κ1) is 20.4. The molecule has 1 fully saturated rings. The van der Waals surface area contributed by atoms with E-state index in [-0.39, 0.29) is 19.0 Å². The molecule has 1 heterocycles. The van der Waals surface area contributed by atoms with Gasteiger partial charge in [0.05, 0.1) is 0 Å². The molecular weight excluding hydrogens is 350 g/mol. The summed E-state index contributed by atoms with van der Waals surface area (Å²) < 4.78 is 5.04. The third-order valence-electron chi connectivity index (χ3n) is 4.20. The van der Waals surface area contributed by atoms with Crippen molar-refractivity contribution < 1.29 is 23.9 Å². The van der Waals surface area contributed by atoms with Gasteiger partial charge >= 0.3 is 12.0 Å². The summed E-state index contributed by atoms with van der Waals surface area (Å²) in [5.74, 6) is -1.48. The third kappa shape index (κ3) is 7.08. The van der Waals surface area contributed by atoms with Crippen LogP contribution in [0.5, 0.6) is 0 Å². The maximum absolute atomic E-state index is 12.0. The van der Waals surface area contributed by atoms with Crippen LogP contribution < -0.4 is 10.6 Å². The van der Waals surface area contributed by atoms with Gasteiger partial charge in [-0.3, -0.25) is 19.7 Å². The van der Waals surface area contributed by atoms with Gasteiger partial charge in [0.15, 0.2) is 6.10 Å². The minimum atomic E-state index is -1.14. The summed E-state index contributed by atoms with van der Waals surface area (Å²) >= 11 is 0. The lowest BCUT2D eigenvalue weighted by atomic mass is 10.2. The number of likely N-dealkylation sites (tertiary alicyclic amines) is 1. The van der Waals surface area contributed by atoms with E-state index in [1.807, 2.05) is 30.3 Å². The van der Waals surface area contributed by atoms with E-state index in [2.05, 4.69) is 10.6 Å². The molecule has 2 rings (SSSR count). The van der Waals surface area contributed by atoms with E-state index in [9.17, 15) is 19.2 Å². The van der Waals surface area contributed by atoms with E-state index in [1.165, 1.54) is 11.8 Å². The van der Waals surface area contributed by atoms with Gasteiger partial charge in [-0.2, -0.15) is 0 Å². The maximum Gasteiger partial charge on any atom is 0.326 e. The number of carbonyl (C=O) groups excluding carboxylic acids is 4. The van der Waals surface area contributed by atoms with E-state index in [0.717, 1.165) is 24.8 Å². The number of hydrogen-bond donors (Lipinski definition) is 2. The van der Waals surface area contributed by atoms with Crippen molar-refractivity contribution in [3.63, 3.8) is 0 Å². The highest BCUT2D eigenvalue weighted by Crippen LogP contribution is 2.11. The molecule has 1 aliphatic heterocycles. The summed E-state index contributed by atoms with van der Waals surface area (Å²) in [7, 11) is 0. The number of urea groups is 1. The molecule has 0 radical (unpaired) electrons. The van der Waals surface area contributed by atoms with E-state index in [0.29, 0.717) is 13.0 Å². The molecule has 0 bridgehead atoms. The summed E-state index contributed by atoms with van der Waals surface area (Å²) in [6.45, 7) is 1.97. The monoisotopic (exact) mass is 375 g/mol. The van der Waals surface area contributed by atoms with Crippen molar-refractivity contribution in [3.8, 4) is 0 Å². The molecule has 8 nitrogen and oxygen atoms in total. The van der Waals surface area contributed by atoms with Crippen LogP contribution in [0.15, 0.2) is 30.3 Å². The highest BCUT2D eigenvalue weighted by molar-refractivity contribution is 5.97. The second-order valence-corrected chi connectivity index (χ2v) is 6.42. The van der Waals surface area contributed by atoms with E-state index in [1.54, 1.807) is 0 Å². The van der Waals surface area contributed by atoms with Gasteiger partial charge in [-0.05, 0) is 25.3 Å². The molecule has 0 aliphatic carbocycles. The number of benzene rings is 1. The van der Waals surface area contributed by atoms with Crippen LogP contribution in [0.3, 0.4) is 0 Å². The van der Waals surface area contributed by atoms with Gasteiger partial charge in [0.25, 0.3) is 5.91 Å². The molecular formula is C19H25N3O5. The van der Waals surface area contributed by atoms with Crippen LogP contribution in [0.1, 0.15) is 38.2 Å². The summed E-state index contributed by atoms with van der Waals surface area (Å²) in [6, 6.07) is 8.57. The number of nitrogens with one attached hydrogen (secondary N) is 2. The molecule has 2 N–H and O–H groups in total. The molecule has 8 heteroatoms. The number of ether oxygens (including phenoxy) is 1. The van der Waals surface area contributed by atoms with Gasteiger partial charge in [0, 0.05) is 19.5 Å². The van der Waals surface area contributed by atoms with Crippen LogP contribution in [0, 0.1) is 0 Å². The Bertz CT molecular complexity index is 677. The first-order chi connectivity index (χ1) is 13.0. The van der Waals surface area contributed by atoms with Crippen molar-refractivity contribution in [2.24, 2.45) is 0 Å². The van der Waals surface area contributed by atoms with Gasteiger partial charge in [0.2, 0.25) is 5.91 Å². The number of imide groups is 1. The topological polar surface area (TPSA) is 105 Å². The predicted molar refractivity (Wildman–Crippen MR) is 97.4 cm³/mol. The highest BCUT2D eigenvalue weighted by atomic mass is 16.5. The normalized spacial score (nSPS) is 15.4. The number of amides is 4. The molecule has 1 aromatic carbocycles. The Kier molecular flexibility index (Phi) is 7.79. The Labute approximate surface area is 158 Å². The molecule has 1 aliphatic rings. The quantitative estimate of drug-likeness (QED) is 0.730. The zero-order chi connectivity index (χ0) is 19.6. The summed E-state index contributed by atoms with van der Waals surface area (Å²) in [5.41, 5.74) is 0.890. The number of hydrogen-bond acceptors (Lipinski definition) is 5. The van der Waals surface area contributed by atoms with Crippen molar-refractivity contribution in [2.45, 2.75) is 45.3 Å². The lowest BCUT2D eigenvalue weighted by Crippen LogP contribution is -2.45. The fourth-order valence-corrected chi connectivity index (χ4v) is 2.69. The molecule has 1 saturated heterocycles. The van der Waals surface area contributed by atoms with Crippen LogP contribution in [0.25, 0.3) is 0 Å². The first-order valence-electron chi connectivity index (χ1n) is 9.05. The number of esters is 1. The summed E-state index contributed by atoms with van der Waals surface area (Å²) in [4.78, 5) is 49.1. The molecule has 1 atom stereocenters. The van der Waals surface area contributed by atoms with Crippen LogP contribution in [0.2, 0.25) is 0 Å². The molecule has 4 amide bonds. The molecule has 146 valence electrons. The van der Waals surface area contributed by atoms with Crippen LogP contribution >= 0.6 is 0 Å². The van der Waals surface area contributed by atoms with Gasteiger partial charge in [-0.15, -0.1) is 0 Å². The van der Waals surface area contributed by atoms with Gasteiger partial charge < -0.3 is 15.0 Å². The number of rotatable bonds is 6. The minimum Gasteiger partial charge on any atom is -0.451 e. The largest absolute Gasteiger partial charge is 0.451 e. The average molecular weight is 375 g/mol. The second-order valence-electron chi connectivity index (χ2n) is 6.42. The Morgan fingerprint density at radius 3 is 2.63 bits per heavy atom. The SMILES string of the molecule is C[C@H](OC(=O)CN1CCCCCC1=O)C(=O)NC(=O)NCc1ccccc1. The number of carbonyl (C=O) groups is 4. The second kappa shape index (κ2) is 10.3. The summed E-state index contributed by atoms with van der Waals surface area (Å²) in [5, 5.41) is 4.68. The van der Waals surface area contributed by atoms with Crippen LogP contribution in [-0.4, -0.2) is 47.9 Å². The standard InChI is InChI=1S/C19H25N3O5/c1-14(27-17(24)13-22-11-7-3-6-10-16(22)23)18(25)21-19(26)20-12-15-8-4-2-5-9-15/h2,4-5,8-9,14H,3,6-7,10-13H2,1H3,(H2,20,21,25,26)/t14-/m0/s1. The van der Waals surface area contributed by atoms with Crippen molar-refractivity contribution in [3.05, 3.63) is 35.9 Å². The predicted octanol–water partition coefficient (Wildman–Crippen LogP) is 1.35. The summed E-state index contributed by atoms with van der Waals surface area (Å²) in [6.07, 6.45) is 1.90. The van der Waals surface area contributed by atoms with E-state index in [4.69, 9.17) is 4.74 Å². The Hall–Kier alpha value is -2.90. The zero-order valence-electron chi connectivity index (χ0n) is 15.4. The Balaban J connectivity index is 1.72. The maximum atomic E-state index is 12.0. The molecule has 0 unspecified atom stereocenters. The molecule has 0 saturated carbocycles. The third-order valence-corrected chi connectivity index (χ3v) is 4.20. The molecule has 0 aromatic heterocycles. The molecule has 27 heavy (non-hydrogen) atoms. The fraction of sp³-hybridized carbons (Fsp3) is 0.474. The van der Waals surface area contributed by atoms with E-state index >= 15 is 0 Å². The van der Waals surface area contributed by atoms with Crippen molar-refractivity contribution in [1.82, 2.24) is 15.5 Å². The van der Waals surface area contributed by atoms with Gasteiger partial charge in [-0.25, -0.2) is 4.79 Å². The Morgan fingerprint density at radius 2 is 1.89 bits per heavy atom. The number of nitrogens with zero attached hydrogens (tertiary/aromatic N) is 1. The molecule has 1 aromatic rings. The van der Waals surface area contributed by atoms with Gasteiger partial charge in [0.1, 0.15) is 6.54 Å². The zero-order valence-corrected chi connectivity index (χ0v) is 15.4. The van der Waals surface area contributed by atoms with Gasteiger partial charge in [-0.1, -0.05) is 36.8 Å². The highest BCUT2D eigenvalue weighted by Gasteiger charge is 2.24. The fourth-order valence-electron chi connectivity index (χ4n) is 2.69. The van der Waals surface area contributed by atoms with Crippen molar-refractivity contribution >= 4 is 23.8 Å². The smallest absolute Gasteiger partial charge is 0.326 e. The van der Waals surface area contributed by atoms with Crippen LogP contribution in [0.4, 0.5) is 4.79 Å². The minimum absolute atomic E-state index is 0.0816. The van der Waals surface area contributed by atoms with Crippen molar-refractivity contribution in [1.29, 1.82) is 0 Å². The first-order valence-corrected chi connectivity index (χ1v) is 9.05. The Morgan fingerprint density at radius 1 is 1.15 bits per heavy atom.